The molecule has 0 heterocycles. The lowest BCUT2D eigenvalue weighted by Gasteiger charge is -2.31. The minimum absolute atomic E-state index is 0.0277. The lowest BCUT2D eigenvalue weighted by molar-refractivity contribution is -0.137. The number of nitrogens with one attached hydrogen (secondary N) is 1. The average Bonchev–Trinajstić information content (AvgIpc) is 2.58. The molecule has 7 heteroatoms. The molecule has 148 valence electrons. The second-order valence-corrected chi connectivity index (χ2v) is 7.30. The number of amides is 1. The molecule has 5 nitrogen and oxygen atoms in total. The van der Waals surface area contributed by atoms with Crippen LogP contribution in [0.1, 0.15) is 64.7 Å². The Morgan fingerprint density at radius 3 is 2.28 bits per heavy atom. The van der Waals surface area contributed by atoms with Gasteiger partial charge in [-0.2, -0.15) is 25.3 Å². The topological polar surface area (TPSA) is 69.6 Å². The minimum Gasteiger partial charge on any atom is -0.481 e. The molecule has 0 fully saturated rings. The van der Waals surface area contributed by atoms with E-state index < -0.39 is 5.97 Å². The lowest BCUT2D eigenvalue weighted by Crippen LogP contribution is -2.44. The monoisotopic (exact) mass is 392 g/mol. The fourth-order valence-corrected chi connectivity index (χ4v) is 3.30. The molecule has 1 amide bonds. The number of thiol groups is 2. The van der Waals surface area contributed by atoms with Crippen LogP contribution in [-0.2, 0) is 9.59 Å². The molecule has 0 saturated heterocycles. The first kappa shape index (κ1) is 24.6. The van der Waals surface area contributed by atoms with Crippen LogP contribution in [0.3, 0.4) is 0 Å². The number of carboxylic acid groups (broad SMARTS) is 1. The number of aliphatic carboxylic acids is 1. The van der Waals surface area contributed by atoms with E-state index in [1.807, 2.05) is 0 Å². The smallest absolute Gasteiger partial charge is 0.303 e. The number of carbonyl (C=O) groups is 2. The van der Waals surface area contributed by atoms with Crippen molar-refractivity contribution in [1.82, 2.24) is 10.2 Å². The number of carboxylic acids is 1. The lowest BCUT2D eigenvalue weighted by atomic mass is 9.99. The van der Waals surface area contributed by atoms with E-state index in [1.165, 1.54) is 19.3 Å². The Morgan fingerprint density at radius 1 is 1.04 bits per heavy atom. The SMILES string of the molecule is CCCCCCC(CCCCC(=O)O)N(CCS)CC(=O)NCCS. The zero-order chi connectivity index (χ0) is 18.9. The van der Waals surface area contributed by atoms with Crippen LogP contribution in [0.2, 0.25) is 0 Å². The standard InChI is InChI=1S/C18H36N2O3S2/c1-2-3-4-5-8-16(9-6-7-10-18(22)23)20(12-14-25)15-17(21)19-11-13-24/h16,24-25H,2-15H2,1H3,(H,19,21)(H,22,23). The van der Waals surface area contributed by atoms with Crippen molar-refractivity contribution >= 4 is 37.1 Å². The highest BCUT2D eigenvalue weighted by atomic mass is 32.1. The summed E-state index contributed by atoms with van der Waals surface area (Å²) in [6.45, 7) is 3.93. The van der Waals surface area contributed by atoms with Gasteiger partial charge in [-0.15, -0.1) is 0 Å². The van der Waals surface area contributed by atoms with Gasteiger partial charge in [-0.25, -0.2) is 0 Å². The summed E-state index contributed by atoms with van der Waals surface area (Å²) in [5.74, 6) is 0.631. The summed E-state index contributed by atoms with van der Waals surface area (Å²) in [6.07, 6.45) is 8.59. The van der Waals surface area contributed by atoms with E-state index in [2.05, 4.69) is 42.4 Å². The predicted molar refractivity (Wildman–Crippen MR) is 111 cm³/mol. The molecule has 0 aromatic heterocycles. The number of nitrogens with zero attached hydrogens (tertiary/aromatic N) is 1. The summed E-state index contributed by atoms with van der Waals surface area (Å²) in [7, 11) is 0. The highest BCUT2D eigenvalue weighted by Gasteiger charge is 2.20. The summed E-state index contributed by atoms with van der Waals surface area (Å²) >= 11 is 8.46. The van der Waals surface area contributed by atoms with Crippen LogP contribution in [-0.4, -0.2) is 59.1 Å². The van der Waals surface area contributed by atoms with E-state index in [4.69, 9.17) is 5.11 Å². The fourth-order valence-electron chi connectivity index (χ4n) is 2.93. The first-order valence-electron chi connectivity index (χ1n) is 9.49. The Labute approximate surface area is 164 Å². The van der Waals surface area contributed by atoms with Gasteiger partial charge >= 0.3 is 5.97 Å². The van der Waals surface area contributed by atoms with Gasteiger partial charge < -0.3 is 10.4 Å². The summed E-state index contributed by atoms with van der Waals surface area (Å²) in [6, 6.07) is 0.319. The van der Waals surface area contributed by atoms with Crippen molar-refractivity contribution in [3.8, 4) is 0 Å². The Morgan fingerprint density at radius 2 is 1.72 bits per heavy atom. The van der Waals surface area contributed by atoms with Crippen molar-refractivity contribution in [3.63, 3.8) is 0 Å². The minimum atomic E-state index is -0.738. The molecule has 0 bridgehead atoms. The zero-order valence-electron chi connectivity index (χ0n) is 15.6. The molecule has 2 N–H and O–H groups in total. The van der Waals surface area contributed by atoms with Crippen LogP contribution in [0.15, 0.2) is 0 Å². The summed E-state index contributed by atoms with van der Waals surface area (Å²) in [5.41, 5.74) is 0. The van der Waals surface area contributed by atoms with Crippen molar-refractivity contribution in [2.75, 3.05) is 31.1 Å². The van der Waals surface area contributed by atoms with Gasteiger partial charge in [-0.05, 0) is 19.3 Å². The molecule has 25 heavy (non-hydrogen) atoms. The van der Waals surface area contributed by atoms with Crippen LogP contribution in [0.5, 0.6) is 0 Å². The van der Waals surface area contributed by atoms with Crippen molar-refractivity contribution in [2.45, 2.75) is 70.8 Å². The highest BCUT2D eigenvalue weighted by molar-refractivity contribution is 7.80. The van der Waals surface area contributed by atoms with Gasteiger partial charge in [-0.3, -0.25) is 14.5 Å². The van der Waals surface area contributed by atoms with E-state index in [-0.39, 0.29) is 12.3 Å². The molecule has 1 unspecified atom stereocenters. The molecule has 0 aliphatic rings. The van der Waals surface area contributed by atoms with Crippen LogP contribution < -0.4 is 5.32 Å². The maximum Gasteiger partial charge on any atom is 0.303 e. The Bertz CT molecular complexity index is 357. The molecule has 0 aliphatic heterocycles. The van der Waals surface area contributed by atoms with Crippen LogP contribution >= 0.6 is 25.3 Å². The first-order chi connectivity index (χ1) is 12.0. The number of hydrogen-bond acceptors (Lipinski definition) is 5. The maximum absolute atomic E-state index is 12.1. The molecular weight excluding hydrogens is 356 g/mol. The molecule has 0 aromatic rings. The number of hydrogen-bond donors (Lipinski definition) is 4. The second kappa shape index (κ2) is 17.0. The zero-order valence-corrected chi connectivity index (χ0v) is 17.4. The van der Waals surface area contributed by atoms with Crippen molar-refractivity contribution in [3.05, 3.63) is 0 Å². The largest absolute Gasteiger partial charge is 0.481 e. The third-order valence-electron chi connectivity index (χ3n) is 4.25. The van der Waals surface area contributed by atoms with E-state index in [0.717, 1.165) is 32.2 Å². The Hall–Kier alpha value is -0.400. The Kier molecular flexibility index (Phi) is 16.8. The summed E-state index contributed by atoms with van der Waals surface area (Å²) in [4.78, 5) is 25.0. The molecule has 0 aliphatic carbocycles. The van der Waals surface area contributed by atoms with Crippen molar-refractivity contribution < 1.29 is 14.7 Å². The second-order valence-electron chi connectivity index (χ2n) is 6.41. The van der Waals surface area contributed by atoms with Crippen LogP contribution in [0.25, 0.3) is 0 Å². The van der Waals surface area contributed by atoms with E-state index in [9.17, 15) is 9.59 Å². The van der Waals surface area contributed by atoms with Crippen molar-refractivity contribution in [2.24, 2.45) is 0 Å². The molecular formula is C18H36N2O3S2. The van der Waals surface area contributed by atoms with Gasteiger partial charge in [0.15, 0.2) is 0 Å². The number of rotatable bonds is 17. The third kappa shape index (κ3) is 14.5. The van der Waals surface area contributed by atoms with Gasteiger partial charge in [0.2, 0.25) is 5.91 Å². The predicted octanol–water partition coefficient (Wildman–Crippen LogP) is 3.25. The Balaban J connectivity index is 4.61. The van der Waals surface area contributed by atoms with Gasteiger partial charge in [-0.1, -0.05) is 39.0 Å². The molecule has 1 atom stereocenters. The molecule has 0 spiro atoms. The first-order valence-corrected chi connectivity index (χ1v) is 10.8. The third-order valence-corrected chi connectivity index (χ3v) is 4.68. The highest BCUT2D eigenvalue weighted by Crippen LogP contribution is 2.18. The van der Waals surface area contributed by atoms with Gasteiger partial charge in [0.05, 0.1) is 6.54 Å². The van der Waals surface area contributed by atoms with E-state index in [0.29, 0.717) is 37.1 Å². The maximum atomic E-state index is 12.1. The van der Waals surface area contributed by atoms with Crippen LogP contribution in [0, 0.1) is 0 Å². The van der Waals surface area contributed by atoms with Gasteiger partial charge in [0.25, 0.3) is 0 Å². The average molecular weight is 393 g/mol. The normalized spacial score (nSPS) is 12.3. The summed E-state index contributed by atoms with van der Waals surface area (Å²) in [5, 5.41) is 11.7. The molecule has 0 aromatic carbocycles. The number of unbranched alkanes of at least 4 members (excludes halogenated alkanes) is 4. The van der Waals surface area contributed by atoms with E-state index in [1.54, 1.807) is 0 Å². The molecule has 0 saturated carbocycles. The van der Waals surface area contributed by atoms with Gasteiger partial charge in [0.1, 0.15) is 0 Å². The fraction of sp³-hybridized carbons (Fsp3) is 0.889. The van der Waals surface area contributed by atoms with Crippen LogP contribution in [0.4, 0.5) is 0 Å². The number of carbonyl (C=O) groups excluding carboxylic acids is 1. The summed E-state index contributed by atoms with van der Waals surface area (Å²) < 4.78 is 0. The molecule has 0 radical (unpaired) electrons. The van der Waals surface area contributed by atoms with Crippen molar-refractivity contribution in [1.29, 1.82) is 0 Å². The quantitative estimate of drug-likeness (QED) is 0.227. The van der Waals surface area contributed by atoms with Gasteiger partial charge in [0, 0.05) is 37.1 Å². The van der Waals surface area contributed by atoms with E-state index >= 15 is 0 Å². The molecule has 0 rings (SSSR count).